The number of ether oxygens (including phenoxy) is 1. The summed E-state index contributed by atoms with van der Waals surface area (Å²) in [5, 5.41) is 6.61. The summed E-state index contributed by atoms with van der Waals surface area (Å²) in [6, 6.07) is 10.1. The number of amides is 1. The Morgan fingerprint density at radius 3 is 2.35 bits per heavy atom. The van der Waals surface area contributed by atoms with Crippen LogP contribution < -0.4 is 14.8 Å². The van der Waals surface area contributed by atoms with Gasteiger partial charge in [-0.1, -0.05) is 12.1 Å². The lowest BCUT2D eigenvalue weighted by atomic mass is 10.1. The average molecular weight is 497 g/mol. The zero-order valence-electron chi connectivity index (χ0n) is 18.8. The minimum atomic E-state index is -4.54. The van der Waals surface area contributed by atoms with Crippen LogP contribution in [0.4, 0.5) is 18.9 Å². The molecule has 0 radical (unpaired) electrons. The van der Waals surface area contributed by atoms with Gasteiger partial charge in [0.1, 0.15) is 0 Å². The maximum absolute atomic E-state index is 13.0. The van der Waals surface area contributed by atoms with Crippen LogP contribution in [0.25, 0.3) is 5.69 Å². The van der Waals surface area contributed by atoms with Crippen LogP contribution in [-0.2, 0) is 16.2 Å². The van der Waals surface area contributed by atoms with Crippen molar-refractivity contribution in [2.45, 2.75) is 37.4 Å². The Bertz CT molecular complexity index is 1310. The number of halogens is 3. The van der Waals surface area contributed by atoms with Gasteiger partial charge in [0.05, 0.1) is 29.5 Å². The van der Waals surface area contributed by atoms with Crippen molar-refractivity contribution in [1.29, 1.82) is 0 Å². The molecular weight excluding hydrogens is 473 g/mol. The largest absolute Gasteiger partial charge is 0.493 e. The van der Waals surface area contributed by atoms with Crippen molar-refractivity contribution in [3.63, 3.8) is 0 Å². The van der Waals surface area contributed by atoms with Crippen LogP contribution in [0.15, 0.2) is 59.6 Å². The molecule has 2 N–H and O–H groups in total. The lowest BCUT2D eigenvalue weighted by Crippen LogP contribution is -2.40. The van der Waals surface area contributed by atoms with Gasteiger partial charge < -0.3 is 10.1 Å². The average Bonchev–Trinajstić information content (AvgIpc) is 3.16. The molecule has 0 atom stereocenters. The van der Waals surface area contributed by atoms with E-state index in [0.29, 0.717) is 0 Å². The van der Waals surface area contributed by atoms with E-state index in [9.17, 15) is 26.4 Å². The van der Waals surface area contributed by atoms with Crippen molar-refractivity contribution in [2.24, 2.45) is 0 Å². The highest BCUT2D eigenvalue weighted by molar-refractivity contribution is 7.89. The molecule has 0 aliphatic carbocycles. The fourth-order valence-corrected chi connectivity index (χ4v) is 4.48. The van der Waals surface area contributed by atoms with Gasteiger partial charge in [0.25, 0.3) is 5.91 Å². The number of carbonyl (C=O) groups excluding carboxylic acids is 1. The van der Waals surface area contributed by atoms with E-state index in [1.165, 1.54) is 49.7 Å². The van der Waals surface area contributed by atoms with Crippen LogP contribution in [-0.4, -0.2) is 36.8 Å². The first-order valence-electron chi connectivity index (χ1n) is 9.96. The minimum absolute atomic E-state index is 0.0214. The summed E-state index contributed by atoms with van der Waals surface area (Å²) >= 11 is 0. The van der Waals surface area contributed by atoms with Gasteiger partial charge >= 0.3 is 6.18 Å². The lowest BCUT2D eigenvalue weighted by Gasteiger charge is -2.20. The third-order valence-electron chi connectivity index (χ3n) is 4.40. The number of nitrogens with one attached hydrogen (secondary N) is 2. The fourth-order valence-electron chi connectivity index (χ4n) is 3.02. The molecule has 3 aromatic rings. The summed E-state index contributed by atoms with van der Waals surface area (Å²) in [5.41, 5.74) is -1.51. The zero-order chi connectivity index (χ0) is 25.3. The van der Waals surface area contributed by atoms with Crippen molar-refractivity contribution in [3.8, 4) is 11.4 Å². The van der Waals surface area contributed by atoms with E-state index in [1.54, 1.807) is 20.8 Å². The summed E-state index contributed by atoms with van der Waals surface area (Å²) in [6.45, 7) is 5.09. The molecule has 12 heteroatoms. The van der Waals surface area contributed by atoms with Crippen LogP contribution in [0, 0.1) is 0 Å². The number of carbonyl (C=O) groups is 1. The Labute approximate surface area is 194 Å². The van der Waals surface area contributed by atoms with E-state index in [4.69, 9.17) is 4.74 Å². The van der Waals surface area contributed by atoms with Gasteiger partial charge in [-0.3, -0.25) is 4.79 Å². The first kappa shape index (κ1) is 25.2. The molecular formula is C22H23F3N4O4S. The summed E-state index contributed by atoms with van der Waals surface area (Å²) < 4.78 is 73.1. The number of alkyl halides is 3. The number of benzene rings is 2. The molecule has 1 amide bonds. The molecule has 8 nitrogen and oxygen atoms in total. The molecule has 1 heterocycles. The van der Waals surface area contributed by atoms with E-state index >= 15 is 0 Å². The number of nitrogens with zero attached hydrogens (tertiary/aromatic N) is 2. The van der Waals surface area contributed by atoms with Crippen molar-refractivity contribution in [1.82, 2.24) is 14.5 Å². The van der Waals surface area contributed by atoms with Crippen LogP contribution >= 0.6 is 0 Å². The summed E-state index contributed by atoms with van der Waals surface area (Å²) in [5.74, 6) is -0.714. The van der Waals surface area contributed by atoms with Gasteiger partial charge in [0, 0.05) is 11.2 Å². The molecule has 2 aromatic carbocycles. The second-order valence-corrected chi connectivity index (χ2v) is 10.1. The molecule has 1 aromatic heterocycles. The molecule has 0 bridgehead atoms. The molecule has 0 saturated heterocycles. The summed E-state index contributed by atoms with van der Waals surface area (Å²) in [6.07, 6.45) is -3.26. The van der Waals surface area contributed by atoms with E-state index in [-0.39, 0.29) is 27.7 Å². The maximum atomic E-state index is 13.0. The number of aromatic nitrogens is 2. The van der Waals surface area contributed by atoms with Crippen LogP contribution in [0.5, 0.6) is 5.75 Å². The SMILES string of the molecule is COc1cn(-c2cccc(C(F)(F)F)c2)nc1C(=O)Nc1cccc(S(=O)(=O)NC(C)(C)C)c1. The Balaban J connectivity index is 1.89. The fraction of sp³-hybridized carbons (Fsp3) is 0.273. The van der Waals surface area contributed by atoms with Crippen molar-refractivity contribution < 1.29 is 31.1 Å². The zero-order valence-corrected chi connectivity index (χ0v) is 19.6. The third kappa shape index (κ3) is 5.94. The van der Waals surface area contributed by atoms with Gasteiger partial charge in [-0.05, 0) is 57.2 Å². The quantitative estimate of drug-likeness (QED) is 0.532. The molecule has 0 unspecified atom stereocenters. The number of rotatable bonds is 6. The first-order valence-corrected chi connectivity index (χ1v) is 11.4. The van der Waals surface area contributed by atoms with Crippen molar-refractivity contribution >= 4 is 21.6 Å². The van der Waals surface area contributed by atoms with Crippen molar-refractivity contribution in [2.75, 3.05) is 12.4 Å². The van der Waals surface area contributed by atoms with E-state index < -0.39 is 33.2 Å². The molecule has 0 spiro atoms. The lowest BCUT2D eigenvalue weighted by molar-refractivity contribution is -0.137. The maximum Gasteiger partial charge on any atom is 0.416 e. The highest BCUT2D eigenvalue weighted by Crippen LogP contribution is 2.31. The van der Waals surface area contributed by atoms with Gasteiger partial charge in [-0.2, -0.15) is 18.3 Å². The molecule has 0 aliphatic heterocycles. The first-order chi connectivity index (χ1) is 15.7. The second-order valence-electron chi connectivity index (χ2n) is 8.38. The third-order valence-corrected chi connectivity index (χ3v) is 6.15. The van der Waals surface area contributed by atoms with Crippen LogP contribution in [0.1, 0.15) is 36.8 Å². The molecule has 0 fully saturated rings. The van der Waals surface area contributed by atoms with E-state index in [0.717, 1.165) is 16.8 Å². The molecule has 182 valence electrons. The highest BCUT2D eigenvalue weighted by Gasteiger charge is 2.31. The molecule has 0 saturated carbocycles. The predicted molar refractivity (Wildman–Crippen MR) is 120 cm³/mol. The number of hydrogen-bond donors (Lipinski definition) is 2. The monoisotopic (exact) mass is 496 g/mol. The molecule has 34 heavy (non-hydrogen) atoms. The van der Waals surface area contributed by atoms with Gasteiger partial charge in [0.2, 0.25) is 10.0 Å². The van der Waals surface area contributed by atoms with Gasteiger partial charge in [-0.25, -0.2) is 17.8 Å². The second kappa shape index (κ2) is 9.11. The Morgan fingerprint density at radius 2 is 1.74 bits per heavy atom. The van der Waals surface area contributed by atoms with Crippen molar-refractivity contribution in [3.05, 3.63) is 66.0 Å². The number of sulfonamides is 1. The topological polar surface area (TPSA) is 102 Å². The summed E-state index contributed by atoms with van der Waals surface area (Å²) in [4.78, 5) is 12.8. The highest BCUT2D eigenvalue weighted by atomic mass is 32.2. The molecule has 3 rings (SSSR count). The van der Waals surface area contributed by atoms with Crippen LogP contribution in [0.2, 0.25) is 0 Å². The van der Waals surface area contributed by atoms with Crippen LogP contribution in [0.3, 0.4) is 0 Å². The number of methoxy groups -OCH3 is 1. The molecule has 0 aliphatic rings. The Kier molecular flexibility index (Phi) is 6.76. The normalized spacial score (nSPS) is 12.4. The van der Waals surface area contributed by atoms with Gasteiger partial charge in [0.15, 0.2) is 11.4 Å². The van der Waals surface area contributed by atoms with Gasteiger partial charge in [-0.15, -0.1) is 0 Å². The standard InChI is InChI=1S/C22H23F3N4O4S/c1-21(2,3)28-34(31,32)17-10-6-8-15(12-17)26-20(30)19-18(33-4)13-29(27-19)16-9-5-7-14(11-16)22(23,24)25/h5-13,28H,1-4H3,(H,26,30). The smallest absolute Gasteiger partial charge is 0.416 e. The Morgan fingerprint density at radius 1 is 1.06 bits per heavy atom. The number of hydrogen-bond acceptors (Lipinski definition) is 5. The van der Waals surface area contributed by atoms with E-state index in [2.05, 4.69) is 15.1 Å². The predicted octanol–water partition coefficient (Wildman–Crippen LogP) is 4.23. The summed E-state index contributed by atoms with van der Waals surface area (Å²) in [7, 11) is -2.55. The minimum Gasteiger partial charge on any atom is -0.493 e. The Hall–Kier alpha value is -3.38. The number of anilines is 1. The van der Waals surface area contributed by atoms with E-state index in [1.807, 2.05) is 0 Å².